The first kappa shape index (κ1) is 17.8. The quantitative estimate of drug-likeness (QED) is 0.532. The molecule has 0 saturated heterocycles. The van der Waals surface area contributed by atoms with Crippen LogP contribution in [0.25, 0.3) is 5.69 Å². The summed E-state index contributed by atoms with van der Waals surface area (Å²) in [5, 5.41) is 14.9. The second-order valence-electron chi connectivity index (χ2n) is 5.65. The third-order valence-electron chi connectivity index (χ3n) is 3.60. The van der Waals surface area contributed by atoms with E-state index in [1.54, 1.807) is 28.9 Å². The van der Waals surface area contributed by atoms with Crippen molar-refractivity contribution in [2.45, 2.75) is 19.0 Å². The Labute approximate surface area is 154 Å². The maximum atomic E-state index is 12.3. The number of aryl methyl sites for hydroxylation is 1. The van der Waals surface area contributed by atoms with E-state index in [-0.39, 0.29) is 17.4 Å². The van der Waals surface area contributed by atoms with Gasteiger partial charge >= 0.3 is 0 Å². The standard InChI is InChI=1S/C18H17N5O2S/c1-12-6-5-7-14(10-12)23-18(20-21-22-23)26-11-17(25)19-16-9-4-3-8-15(16)13(2)24/h3-10H,11H2,1-2H3,(H,19,25). The van der Waals surface area contributed by atoms with Gasteiger partial charge in [0.1, 0.15) is 0 Å². The molecule has 1 amide bonds. The van der Waals surface area contributed by atoms with Gasteiger partial charge in [0.25, 0.3) is 0 Å². The summed E-state index contributed by atoms with van der Waals surface area (Å²) in [5.74, 6) is -0.210. The SMILES string of the molecule is CC(=O)c1ccccc1NC(=O)CSc1nnnn1-c1cccc(C)c1. The van der Waals surface area contributed by atoms with Crippen molar-refractivity contribution in [3.8, 4) is 5.69 Å². The van der Waals surface area contributed by atoms with Crippen LogP contribution in [-0.2, 0) is 4.79 Å². The third kappa shape index (κ3) is 4.15. The summed E-state index contributed by atoms with van der Waals surface area (Å²) in [4.78, 5) is 23.9. The van der Waals surface area contributed by atoms with Crippen LogP contribution in [0, 0.1) is 6.92 Å². The minimum Gasteiger partial charge on any atom is -0.325 e. The Hall–Kier alpha value is -3.00. The van der Waals surface area contributed by atoms with Crippen LogP contribution >= 0.6 is 11.8 Å². The minimum atomic E-state index is -0.234. The van der Waals surface area contributed by atoms with E-state index in [0.29, 0.717) is 16.4 Å². The Morgan fingerprint density at radius 2 is 1.96 bits per heavy atom. The average molecular weight is 367 g/mol. The molecule has 0 unspecified atom stereocenters. The van der Waals surface area contributed by atoms with Gasteiger partial charge in [0.05, 0.1) is 17.1 Å². The zero-order valence-corrected chi connectivity index (χ0v) is 15.2. The van der Waals surface area contributed by atoms with Gasteiger partial charge < -0.3 is 5.32 Å². The zero-order valence-electron chi connectivity index (χ0n) is 14.3. The van der Waals surface area contributed by atoms with E-state index in [0.717, 1.165) is 11.3 Å². The number of nitrogens with zero attached hydrogens (tertiary/aromatic N) is 4. The summed E-state index contributed by atoms with van der Waals surface area (Å²) in [6.07, 6.45) is 0. The number of hydrogen-bond donors (Lipinski definition) is 1. The molecular weight excluding hydrogens is 350 g/mol. The van der Waals surface area contributed by atoms with Crippen molar-refractivity contribution in [3.63, 3.8) is 0 Å². The number of benzene rings is 2. The van der Waals surface area contributed by atoms with Crippen LogP contribution in [0.15, 0.2) is 53.7 Å². The monoisotopic (exact) mass is 367 g/mol. The first-order chi connectivity index (χ1) is 12.5. The normalized spacial score (nSPS) is 10.5. The number of ketones is 1. The molecule has 0 atom stereocenters. The fraction of sp³-hybridized carbons (Fsp3) is 0.167. The number of carbonyl (C=O) groups is 2. The van der Waals surface area contributed by atoms with Gasteiger partial charge in [0, 0.05) is 5.56 Å². The van der Waals surface area contributed by atoms with E-state index in [9.17, 15) is 9.59 Å². The van der Waals surface area contributed by atoms with Gasteiger partial charge in [0.15, 0.2) is 5.78 Å². The number of hydrogen-bond acceptors (Lipinski definition) is 6. The van der Waals surface area contributed by atoms with Crippen molar-refractivity contribution < 1.29 is 9.59 Å². The van der Waals surface area contributed by atoms with Crippen molar-refractivity contribution >= 4 is 29.1 Å². The molecule has 0 fully saturated rings. The van der Waals surface area contributed by atoms with Crippen LogP contribution in [0.2, 0.25) is 0 Å². The molecule has 26 heavy (non-hydrogen) atoms. The summed E-state index contributed by atoms with van der Waals surface area (Å²) in [7, 11) is 0. The number of para-hydroxylation sites is 1. The molecule has 0 aliphatic carbocycles. The summed E-state index contributed by atoms with van der Waals surface area (Å²) >= 11 is 1.23. The number of aromatic nitrogens is 4. The van der Waals surface area contributed by atoms with Gasteiger partial charge in [-0.1, -0.05) is 36.0 Å². The average Bonchev–Trinajstić information content (AvgIpc) is 3.09. The largest absolute Gasteiger partial charge is 0.325 e. The van der Waals surface area contributed by atoms with Crippen molar-refractivity contribution in [1.82, 2.24) is 20.2 Å². The molecule has 1 aromatic heterocycles. The van der Waals surface area contributed by atoms with E-state index >= 15 is 0 Å². The molecule has 1 N–H and O–H groups in total. The van der Waals surface area contributed by atoms with Crippen LogP contribution < -0.4 is 5.32 Å². The lowest BCUT2D eigenvalue weighted by Gasteiger charge is -2.09. The van der Waals surface area contributed by atoms with Crippen LogP contribution in [0.5, 0.6) is 0 Å². The molecule has 0 aliphatic rings. The molecule has 0 bridgehead atoms. The first-order valence-corrected chi connectivity index (χ1v) is 8.91. The van der Waals surface area contributed by atoms with Crippen molar-refractivity contribution in [2.24, 2.45) is 0 Å². The minimum absolute atomic E-state index is 0.100. The number of carbonyl (C=O) groups excluding carboxylic acids is 2. The molecule has 2 aromatic carbocycles. The molecule has 8 heteroatoms. The van der Waals surface area contributed by atoms with Crippen LogP contribution in [0.1, 0.15) is 22.8 Å². The summed E-state index contributed by atoms with van der Waals surface area (Å²) in [5.41, 5.74) is 2.91. The Kier molecular flexibility index (Phi) is 5.43. The van der Waals surface area contributed by atoms with Crippen LogP contribution in [0.3, 0.4) is 0 Å². The highest BCUT2D eigenvalue weighted by Crippen LogP contribution is 2.20. The lowest BCUT2D eigenvalue weighted by atomic mass is 10.1. The molecular formula is C18H17N5O2S. The Balaban J connectivity index is 1.68. The highest BCUT2D eigenvalue weighted by molar-refractivity contribution is 7.99. The Morgan fingerprint density at radius 1 is 1.15 bits per heavy atom. The summed E-state index contributed by atoms with van der Waals surface area (Å²) in [6, 6.07) is 14.7. The maximum Gasteiger partial charge on any atom is 0.234 e. The van der Waals surface area contributed by atoms with Gasteiger partial charge in [0.2, 0.25) is 11.1 Å². The molecule has 3 aromatic rings. The van der Waals surface area contributed by atoms with Gasteiger partial charge in [-0.05, 0) is 54.1 Å². The molecule has 0 radical (unpaired) electrons. The first-order valence-electron chi connectivity index (χ1n) is 7.92. The number of amides is 1. The number of thioether (sulfide) groups is 1. The second-order valence-corrected chi connectivity index (χ2v) is 6.59. The number of anilines is 1. The van der Waals surface area contributed by atoms with Crippen LogP contribution in [0.4, 0.5) is 5.69 Å². The van der Waals surface area contributed by atoms with E-state index in [1.165, 1.54) is 18.7 Å². The predicted octanol–water partition coefficient (Wildman–Crippen LogP) is 2.90. The van der Waals surface area contributed by atoms with Crippen molar-refractivity contribution in [1.29, 1.82) is 0 Å². The topological polar surface area (TPSA) is 89.8 Å². The molecule has 132 valence electrons. The molecule has 1 heterocycles. The maximum absolute atomic E-state index is 12.3. The predicted molar refractivity (Wildman–Crippen MR) is 99.7 cm³/mol. The lowest BCUT2D eigenvalue weighted by molar-refractivity contribution is -0.113. The Morgan fingerprint density at radius 3 is 2.73 bits per heavy atom. The summed E-state index contributed by atoms with van der Waals surface area (Å²) < 4.78 is 1.59. The second kappa shape index (κ2) is 7.92. The highest BCUT2D eigenvalue weighted by atomic mass is 32.2. The molecule has 0 saturated carbocycles. The Bertz CT molecular complexity index is 954. The van der Waals surface area contributed by atoms with Crippen molar-refractivity contribution in [3.05, 3.63) is 59.7 Å². The fourth-order valence-corrected chi connectivity index (χ4v) is 3.10. The van der Waals surface area contributed by atoms with Crippen LogP contribution in [-0.4, -0.2) is 37.7 Å². The highest BCUT2D eigenvalue weighted by Gasteiger charge is 2.13. The van der Waals surface area contributed by atoms with Gasteiger partial charge in [-0.25, -0.2) is 0 Å². The van der Waals surface area contributed by atoms with Gasteiger partial charge in [-0.2, -0.15) is 4.68 Å². The number of rotatable bonds is 6. The number of tetrazole rings is 1. The van der Waals surface area contributed by atoms with Gasteiger partial charge in [-0.3, -0.25) is 9.59 Å². The van der Waals surface area contributed by atoms with Gasteiger partial charge in [-0.15, -0.1) is 5.10 Å². The third-order valence-corrected chi connectivity index (χ3v) is 4.52. The van der Waals surface area contributed by atoms with E-state index in [1.807, 2.05) is 31.2 Å². The molecule has 7 nitrogen and oxygen atoms in total. The zero-order chi connectivity index (χ0) is 18.5. The molecule has 0 spiro atoms. The lowest BCUT2D eigenvalue weighted by Crippen LogP contribution is -2.16. The molecule has 3 rings (SSSR count). The number of Topliss-reactive ketones (excluding diaryl/α,β-unsaturated/α-hetero) is 1. The van der Waals surface area contributed by atoms with E-state index in [2.05, 4.69) is 20.8 Å². The molecule has 0 aliphatic heterocycles. The van der Waals surface area contributed by atoms with Crippen molar-refractivity contribution in [2.75, 3.05) is 11.1 Å². The smallest absolute Gasteiger partial charge is 0.234 e. The fourth-order valence-electron chi connectivity index (χ4n) is 2.41. The number of nitrogens with one attached hydrogen (secondary N) is 1. The van der Waals surface area contributed by atoms with E-state index < -0.39 is 0 Å². The van der Waals surface area contributed by atoms with E-state index in [4.69, 9.17) is 0 Å². The summed E-state index contributed by atoms with van der Waals surface area (Å²) in [6.45, 7) is 3.45.